The predicted molar refractivity (Wildman–Crippen MR) is 65.5 cm³/mol. The zero-order chi connectivity index (χ0) is 13.5. The van der Waals surface area contributed by atoms with E-state index < -0.39 is 17.7 Å². The van der Waals surface area contributed by atoms with Gasteiger partial charge in [0.25, 0.3) is 0 Å². The van der Waals surface area contributed by atoms with Gasteiger partial charge in [0.2, 0.25) is 5.91 Å². The molecule has 0 fully saturated rings. The van der Waals surface area contributed by atoms with Gasteiger partial charge in [-0.05, 0) is 40.2 Å². The fourth-order valence-corrected chi connectivity index (χ4v) is 1.21. The third-order valence-corrected chi connectivity index (χ3v) is 1.95. The molecular weight excluding hydrogens is 222 g/mol. The average molecular weight is 245 g/mol. The highest BCUT2D eigenvalue weighted by molar-refractivity contribution is 5.85. The minimum absolute atomic E-state index is 0.246. The summed E-state index contributed by atoms with van der Waals surface area (Å²) in [5.74, 6) is -0.246. The Balaban J connectivity index is 4.32. The van der Waals surface area contributed by atoms with Gasteiger partial charge >= 0.3 is 6.09 Å². The summed E-state index contributed by atoms with van der Waals surface area (Å²) in [6, 6.07) is -0.599. The van der Waals surface area contributed by atoms with E-state index in [4.69, 9.17) is 10.5 Å². The first kappa shape index (κ1) is 15.7. The molecule has 2 amide bonds. The molecule has 0 aliphatic rings. The van der Waals surface area contributed by atoms with Crippen LogP contribution in [0.5, 0.6) is 0 Å². The summed E-state index contributed by atoms with van der Waals surface area (Å²) >= 11 is 0. The van der Waals surface area contributed by atoms with Crippen molar-refractivity contribution in [2.24, 2.45) is 5.73 Å². The van der Waals surface area contributed by atoms with Crippen molar-refractivity contribution >= 4 is 12.0 Å². The maximum atomic E-state index is 11.5. The van der Waals surface area contributed by atoms with Gasteiger partial charge in [-0.1, -0.05) is 0 Å². The second-order valence-electron chi connectivity index (χ2n) is 4.74. The van der Waals surface area contributed by atoms with Gasteiger partial charge in [-0.2, -0.15) is 0 Å². The molecule has 6 heteroatoms. The van der Waals surface area contributed by atoms with E-state index in [1.54, 1.807) is 20.8 Å². The van der Waals surface area contributed by atoms with Gasteiger partial charge in [0.15, 0.2) is 0 Å². The minimum atomic E-state index is -0.599. The maximum absolute atomic E-state index is 11.5. The molecule has 1 atom stereocenters. The van der Waals surface area contributed by atoms with Crippen LogP contribution in [0, 0.1) is 0 Å². The molecule has 0 aliphatic carbocycles. The lowest BCUT2D eigenvalue weighted by Crippen LogP contribution is -2.47. The number of hydrogen-bond donors (Lipinski definition) is 3. The van der Waals surface area contributed by atoms with Crippen LogP contribution in [0.2, 0.25) is 0 Å². The molecule has 0 saturated carbocycles. The van der Waals surface area contributed by atoms with Crippen molar-refractivity contribution in [1.82, 2.24) is 10.6 Å². The molecule has 0 rings (SSSR count). The normalized spacial score (nSPS) is 12.8. The van der Waals surface area contributed by atoms with Crippen LogP contribution in [0.4, 0.5) is 4.79 Å². The number of alkyl carbamates (subject to hydrolysis) is 1. The van der Waals surface area contributed by atoms with E-state index >= 15 is 0 Å². The molecule has 4 N–H and O–H groups in total. The van der Waals surface area contributed by atoms with Gasteiger partial charge in [-0.15, -0.1) is 0 Å². The molecule has 0 bridgehead atoms. The highest BCUT2D eigenvalue weighted by Gasteiger charge is 2.22. The zero-order valence-corrected chi connectivity index (χ0v) is 11.0. The van der Waals surface area contributed by atoms with Gasteiger partial charge in [0.05, 0.1) is 0 Å². The number of likely N-dealkylation sites (N-methyl/N-ethyl adjacent to an activating group) is 1. The second kappa shape index (κ2) is 7.11. The third kappa shape index (κ3) is 7.57. The van der Waals surface area contributed by atoms with Crippen LogP contribution in [0.3, 0.4) is 0 Å². The van der Waals surface area contributed by atoms with Crippen molar-refractivity contribution in [1.29, 1.82) is 0 Å². The molecule has 0 spiro atoms. The van der Waals surface area contributed by atoms with Crippen molar-refractivity contribution < 1.29 is 14.3 Å². The lowest BCUT2D eigenvalue weighted by molar-refractivity contribution is -0.122. The van der Waals surface area contributed by atoms with Crippen LogP contribution in [0.1, 0.15) is 33.6 Å². The number of amides is 2. The Morgan fingerprint density at radius 2 is 1.94 bits per heavy atom. The highest BCUT2D eigenvalue weighted by atomic mass is 16.6. The van der Waals surface area contributed by atoms with Crippen molar-refractivity contribution in [3.8, 4) is 0 Å². The standard InChI is InChI=1S/C11H23N3O3/c1-11(2,3)17-10(16)14-8(6-5-7-12)9(15)13-4/h8H,5-7,12H2,1-4H3,(H,13,15)(H,14,16)/t8-/m1/s1. The van der Waals surface area contributed by atoms with Crippen molar-refractivity contribution in [3.63, 3.8) is 0 Å². The summed E-state index contributed by atoms with van der Waals surface area (Å²) in [4.78, 5) is 23.0. The molecule has 0 unspecified atom stereocenters. The van der Waals surface area contributed by atoms with Crippen LogP contribution >= 0.6 is 0 Å². The Bertz CT molecular complexity index is 261. The van der Waals surface area contributed by atoms with Crippen molar-refractivity contribution in [3.05, 3.63) is 0 Å². The first-order chi connectivity index (χ1) is 7.80. The molecule has 6 nitrogen and oxygen atoms in total. The predicted octanol–water partition coefficient (Wildman–Crippen LogP) is 0.365. The van der Waals surface area contributed by atoms with E-state index in [2.05, 4.69) is 10.6 Å². The lowest BCUT2D eigenvalue weighted by Gasteiger charge is -2.22. The minimum Gasteiger partial charge on any atom is -0.444 e. The number of nitrogens with two attached hydrogens (primary N) is 1. The SMILES string of the molecule is CNC(=O)[C@@H](CCCN)NC(=O)OC(C)(C)C. The quantitative estimate of drug-likeness (QED) is 0.652. The van der Waals surface area contributed by atoms with E-state index in [1.807, 2.05) is 0 Å². The molecule has 0 aromatic heterocycles. The summed E-state index contributed by atoms with van der Waals surface area (Å²) < 4.78 is 5.08. The van der Waals surface area contributed by atoms with E-state index in [0.29, 0.717) is 19.4 Å². The smallest absolute Gasteiger partial charge is 0.408 e. The fraction of sp³-hybridized carbons (Fsp3) is 0.818. The molecule has 17 heavy (non-hydrogen) atoms. The summed E-state index contributed by atoms with van der Waals surface area (Å²) in [6.45, 7) is 5.77. The third-order valence-electron chi connectivity index (χ3n) is 1.95. The Labute approximate surface area is 102 Å². The number of carbonyl (C=O) groups excluding carboxylic acids is 2. The highest BCUT2D eigenvalue weighted by Crippen LogP contribution is 2.07. The summed E-state index contributed by atoms with van der Waals surface area (Å²) in [5.41, 5.74) is 4.80. The fourth-order valence-electron chi connectivity index (χ4n) is 1.21. The second-order valence-corrected chi connectivity index (χ2v) is 4.74. The van der Waals surface area contributed by atoms with Crippen LogP contribution in [-0.4, -0.2) is 37.2 Å². The van der Waals surface area contributed by atoms with Crippen LogP contribution in [0.25, 0.3) is 0 Å². The summed E-state index contributed by atoms with van der Waals surface area (Å²) in [7, 11) is 1.52. The van der Waals surface area contributed by atoms with Gasteiger partial charge in [0, 0.05) is 7.05 Å². The summed E-state index contributed by atoms with van der Waals surface area (Å²) in [5, 5.41) is 5.02. The first-order valence-corrected chi connectivity index (χ1v) is 5.71. The summed E-state index contributed by atoms with van der Waals surface area (Å²) in [6.07, 6.45) is 0.562. The molecule has 0 aromatic carbocycles. The monoisotopic (exact) mass is 245 g/mol. The Hall–Kier alpha value is -1.30. The van der Waals surface area contributed by atoms with Gasteiger partial charge in [-0.3, -0.25) is 4.79 Å². The van der Waals surface area contributed by atoms with E-state index in [0.717, 1.165) is 0 Å². The van der Waals surface area contributed by atoms with Gasteiger partial charge in [-0.25, -0.2) is 4.79 Å². The van der Waals surface area contributed by atoms with E-state index in [9.17, 15) is 9.59 Å². The zero-order valence-electron chi connectivity index (χ0n) is 11.0. The lowest BCUT2D eigenvalue weighted by atomic mass is 10.1. The number of nitrogens with one attached hydrogen (secondary N) is 2. The van der Waals surface area contributed by atoms with E-state index in [1.165, 1.54) is 7.05 Å². The van der Waals surface area contributed by atoms with Crippen LogP contribution < -0.4 is 16.4 Å². The number of carbonyl (C=O) groups is 2. The Kier molecular flexibility index (Phi) is 6.57. The molecule has 0 aliphatic heterocycles. The topological polar surface area (TPSA) is 93.5 Å². The molecule has 0 saturated heterocycles. The number of rotatable bonds is 5. The molecule has 100 valence electrons. The first-order valence-electron chi connectivity index (χ1n) is 5.71. The van der Waals surface area contributed by atoms with Crippen molar-refractivity contribution in [2.45, 2.75) is 45.3 Å². The van der Waals surface area contributed by atoms with Gasteiger partial charge in [0.1, 0.15) is 11.6 Å². The number of hydrogen-bond acceptors (Lipinski definition) is 4. The van der Waals surface area contributed by atoms with E-state index in [-0.39, 0.29) is 5.91 Å². The average Bonchev–Trinajstić information content (AvgIpc) is 2.20. The van der Waals surface area contributed by atoms with Crippen molar-refractivity contribution in [2.75, 3.05) is 13.6 Å². The Morgan fingerprint density at radius 3 is 2.35 bits per heavy atom. The maximum Gasteiger partial charge on any atom is 0.408 e. The molecule has 0 aromatic rings. The van der Waals surface area contributed by atoms with Gasteiger partial charge < -0.3 is 21.1 Å². The number of ether oxygens (including phenoxy) is 1. The molecular formula is C11H23N3O3. The molecule has 0 heterocycles. The van der Waals surface area contributed by atoms with Crippen LogP contribution in [0.15, 0.2) is 0 Å². The molecule has 0 radical (unpaired) electrons. The largest absolute Gasteiger partial charge is 0.444 e. The van der Waals surface area contributed by atoms with Crippen LogP contribution in [-0.2, 0) is 9.53 Å². The Morgan fingerprint density at radius 1 is 1.35 bits per heavy atom.